The van der Waals surface area contributed by atoms with Crippen molar-refractivity contribution in [1.29, 1.82) is 0 Å². The maximum Gasteiger partial charge on any atom is 0.321 e. The van der Waals surface area contributed by atoms with Crippen LogP contribution in [0, 0.1) is 11.8 Å². The minimum Gasteiger partial charge on any atom is -0.371 e. The van der Waals surface area contributed by atoms with Crippen molar-refractivity contribution in [2.45, 2.75) is 37.6 Å². The molecule has 5 nitrogen and oxygen atoms in total. The fourth-order valence-corrected chi connectivity index (χ4v) is 6.32. The molecule has 2 aliphatic heterocycles. The van der Waals surface area contributed by atoms with E-state index in [2.05, 4.69) is 53.5 Å². The molecule has 2 saturated heterocycles. The summed E-state index contributed by atoms with van der Waals surface area (Å²) in [5.74, 6) is 2.08. The highest BCUT2D eigenvalue weighted by Crippen LogP contribution is 2.41. The Kier molecular flexibility index (Phi) is 6.53. The molecule has 1 aliphatic carbocycles. The number of halogens is 1. The maximum absolute atomic E-state index is 12.8. The fraction of sp³-hybridized carbons (Fsp3) is 0.519. The third kappa shape index (κ3) is 4.85. The molecule has 2 aromatic rings. The quantitative estimate of drug-likeness (QED) is 0.644. The third-order valence-electron chi connectivity index (χ3n) is 8.09. The van der Waals surface area contributed by atoms with E-state index in [1.807, 2.05) is 29.2 Å². The molecular formula is C27H35ClN4O. The van der Waals surface area contributed by atoms with E-state index in [1.165, 1.54) is 24.1 Å². The average Bonchev–Trinajstić information content (AvgIpc) is 3.41. The fourth-order valence-electron chi connectivity index (χ4n) is 6.20. The number of carbonyl (C=O) groups is 1. The summed E-state index contributed by atoms with van der Waals surface area (Å²) in [6.45, 7) is 3.85. The van der Waals surface area contributed by atoms with E-state index in [0.717, 1.165) is 61.6 Å². The number of fused-ring (bicyclic) bond motifs is 1. The lowest BCUT2D eigenvalue weighted by molar-refractivity contribution is 0.194. The Labute approximate surface area is 202 Å². The van der Waals surface area contributed by atoms with Crippen molar-refractivity contribution in [3.63, 3.8) is 0 Å². The molecule has 2 amide bonds. The Morgan fingerprint density at radius 2 is 1.64 bits per heavy atom. The summed E-state index contributed by atoms with van der Waals surface area (Å²) in [6.07, 6.45) is 4.64. The van der Waals surface area contributed by atoms with Crippen molar-refractivity contribution < 1.29 is 4.79 Å². The zero-order valence-electron chi connectivity index (χ0n) is 19.7. The van der Waals surface area contributed by atoms with E-state index in [0.29, 0.717) is 12.0 Å². The summed E-state index contributed by atoms with van der Waals surface area (Å²) in [7, 11) is 4.43. The van der Waals surface area contributed by atoms with Crippen LogP contribution < -0.4 is 10.2 Å². The Morgan fingerprint density at radius 1 is 0.939 bits per heavy atom. The van der Waals surface area contributed by atoms with E-state index in [1.54, 1.807) is 0 Å². The van der Waals surface area contributed by atoms with Crippen LogP contribution in [0.5, 0.6) is 0 Å². The molecule has 1 N–H and O–H groups in total. The van der Waals surface area contributed by atoms with Gasteiger partial charge in [-0.2, -0.15) is 0 Å². The summed E-state index contributed by atoms with van der Waals surface area (Å²) < 4.78 is 0. The van der Waals surface area contributed by atoms with Gasteiger partial charge in [0.2, 0.25) is 0 Å². The van der Waals surface area contributed by atoms with Gasteiger partial charge in [0.15, 0.2) is 0 Å². The number of carbonyl (C=O) groups excluding carboxylic acids is 1. The number of likely N-dealkylation sites (tertiary alicyclic amines) is 1. The smallest absolute Gasteiger partial charge is 0.321 e. The zero-order chi connectivity index (χ0) is 22.9. The van der Waals surface area contributed by atoms with Gasteiger partial charge >= 0.3 is 6.03 Å². The second-order valence-electron chi connectivity index (χ2n) is 10.2. The molecule has 0 bridgehead atoms. The van der Waals surface area contributed by atoms with Crippen LogP contribution in [-0.2, 0) is 0 Å². The van der Waals surface area contributed by atoms with Crippen molar-refractivity contribution in [3.8, 4) is 0 Å². The first kappa shape index (κ1) is 22.5. The molecular weight excluding hydrogens is 432 g/mol. The van der Waals surface area contributed by atoms with Crippen LogP contribution in [0.25, 0.3) is 0 Å². The van der Waals surface area contributed by atoms with E-state index < -0.39 is 0 Å². The topological polar surface area (TPSA) is 38.8 Å². The van der Waals surface area contributed by atoms with E-state index in [-0.39, 0.29) is 6.03 Å². The van der Waals surface area contributed by atoms with Gasteiger partial charge in [-0.25, -0.2) is 4.79 Å². The van der Waals surface area contributed by atoms with Gasteiger partial charge in [-0.05, 0) is 99.5 Å². The van der Waals surface area contributed by atoms with Crippen molar-refractivity contribution in [2.24, 2.45) is 11.8 Å². The van der Waals surface area contributed by atoms with Gasteiger partial charge in [-0.1, -0.05) is 23.7 Å². The van der Waals surface area contributed by atoms with Crippen LogP contribution in [0.2, 0.25) is 5.02 Å². The number of amides is 2. The molecule has 33 heavy (non-hydrogen) atoms. The van der Waals surface area contributed by atoms with Crippen LogP contribution in [0.15, 0.2) is 48.5 Å². The third-order valence-corrected chi connectivity index (χ3v) is 8.34. The number of rotatable bonds is 4. The van der Waals surface area contributed by atoms with E-state index in [9.17, 15) is 4.79 Å². The summed E-state index contributed by atoms with van der Waals surface area (Å²) >= 11 is 6.01. The number of benzene rings is 2. The highest BCUT2D eigenvalue weighted by atomic mass is 35.5. The number of hydrogen-bond acceptors (Lipinski definition) is 3. The molecule has 3 fully saturated rings. The monoisotopic (exact) mass is 466 g/mol. The number of hydrogen-bond donors (Lipinski definition) is 1. The molecule has 0 radical (unpaired) electrons. The van der Waals surface area contributed by atoms with Gasteiger partial charge in [0.25, 0.3) is 0 Å². The first-order valence-corrected chi connectivity index (χ1v) is 12.7. The number of nitrogens with one attached hydrogen (secondary N) is 1. The lowest BCUT2D eigenvalue weighted by Crippen LogP contribution is -2.40. The molecule has 3 atom stereocenters. The normalized spacial score (nSPS) is 25.5. The first-order chi connectivity index (χ1) is 16.0. The number of urea groups is 1. The summed E-state index contributed by atoms with van der Waals surface area (Å²) in [6, 6.07) is 17.3. The number of nitrogens with zero attached hydrogens (tertiary/aromatic N) is 3. The molecule has 2 heterocycles. The minimum absolute atomic E-state index is 0.00170. The Balaban J connectivity index is 1.13. The predicted molar refractivity (Wildman–Crippen MR) is 136 cm³/mol. The molecule has 1 saturated carbocycles. The van der Waals surface area contributed by atoms with E-state index >= 15 is 0 Å². The molecule has 3 aliphatic rings. The standard InChI is InChI=1S/C27H35ClN4O/c1-30(2)26-12-5-21-17-32(18-25(21)26)24-10-8-23(9-11-24)29-27(33)31-15-13-20(14-16-31)19-3-6-22(28)7-4-19/h3-4,6-11,20-21,25-26H,5,12-18H2,1-2H3,(H,29,33)/t21-,25+,26-/m1/s1. The number of anilines is 2. The Bertz CT molecular complexity index is 953. The lowest BCUT2D eigenvalue weighted by Gasteiger charge is -2.32. The van der Waals surface area contributed by atoms with Gasteiger partial charge < -0.3 is 20.0 Å². The van der Waals surface area contributed by atoms with Crippen molar-refractivity contribution in [2.75, 3.05) is 50.5 Å². The molecule has 5 rings (SSSR count). The van der Waals surface area contributed by atoms with Crippen LogP contribution >= 0.6 is 11.6 Å². The van der Waals surface area contributed by atoms with Crippen molar-refractivity contribution in [3.05, 3.63) is 59.1 Å². The maximum atomic E-state index is 12.8. The van der Waals surface area contributed by atoms with Crippen LogP contribution in [0.1, 0.15) is 37.2 Å². The Morgan fingerprint density at radius 3 is 2.30 bits per heavy atom. The van der Waals surface area contributed by atoms with E-state index in [4.69, 9.17) is 11.6 Å². The van der Waals surface area contributed by atoms with Crippen LogP contribution in [-0.4, -0.2) is 62.1 Å². The summed E-state index contributed by atoms with van der Waals surface area (Å²) in [5, 5.41) is 3.87. The van der Waals surface area contributed by atoms with Gasteiger partial charge in [-0.15, -0.1) is 0 Å². The Hall–Kier alpha value is -2.24. The molecule has 6 heteroatoms. The molecule has 176 valence electrons. The molecule has 0 spiro atoms. The predicted octanol–water partition coefficient (Wildman–Crippen LogP) is 5.53. The first-order valence-electron chi connectivity index (χ1n) is 12.3. The van der Waals surface area contributed by atoms with Gasteiger partial charge in [0.05, 0.1) is 0 Å². The minimum atomic E-state index is 0.00170. The number of piperidine rings is 1. The largest absolute Gasteiger partial charge is 0.371 e. The molecule has 0 aromatic heterocycles. The van der Waals surface area contributed by atoms with Crippen LogP contribution in [0.3, 0.4) is 0 Å². The lowest BCUT2D eigenvalue weighted by atomic mass is 9.89. The van der Waals surface area contributed by atoms with Crippen molar-refractivity contribution in [1.82, 2.24) is 9.80 Å². The average molecular weight is 467 g/mol. The zero-order valence-corrected chi connectivity index (χ0v) is 20.5. The highest BCUT2D eigenvalue weighted by molar-refractivity contribution is 6.30. The highest BCUT2D eigenvalue weighted by Gasteiger charge is 2.43. The second kappa shape index (κ2) is 9.55. The second-order valence-corrected chi connectivity index (χ2v) is 10.7. The summed E-state index contributed by atoms with van der Waals surface area (Å²) in [4.78, 5) is 19.7. The van der Waals surface area contributed by atoms with Crippen LogP contribution in [0.4, 0.5) is 16.2 Å². The molecule has 2 aromatic carbocycles. The van der Waals surface area contributed by atoms with Crippen molar-refractivity contribution >= 4 is 29.0 Å². The van der Waals surface area contributed by atoms with Gasteiger partial charge in [0.1, 0.15) is 0 Å². The van der Waals surface area contributed by atoms with Gasteiger partial charge in [0, 0.05) is 48.6 Å². The molecule has 0 unspecified atom stereocenters. The SMILES string of the molecule is CN(C)[C@@H]1CC[C@@H]2CN(c3ccc(NC(=O)N4CCC(c5ccc(Cl)cc5)CC4)cc3)C[C@@H]21. The summed E-state index contributed by atoms with van der Waals surface area (Å²) in [5.41, 5.74) is 3.45. The van der Waals surface area contributed by atoms with Gasteiger partial charge in [-0.3, -0.25) is 0 Å².